The first-order valence-corrected chi connectivity index (χ1v) is 4.89. The molecule has 0 aliphatic heterocycles. The number of para-hydroxylation sites is 1. The summed E-state index contributed by atoms with van der Waals surface area (Å²) in [6, 6.07) is 16.3. The van der Waals surface area contributed by atoms with E-state index >= 15 is 0 Å². The van der Waals surface area contributed by atoms with Crippen LogP contribution in [0, 0.1) is 0 Å². The summed E-state index contributed by atoms with van der Waals surface area (Å²) in [5, 5.41) is 0. The van der Waals surface area contributed by atoms with Gasteiger partial charge in [-0.05, 0) is 6.07 Å². The number of benzene rings is 1. The molecular weight excluding hydrogens is 226 g/mol. The first kappa shape index (κ1) is 8.45. The molecule has 1 heterocycles. The number of halogens is 1. The second-order valence-corrected chi connectivity index (χ2v) is 3.54. The van der Waals surface area contributed by atoms with Crippen molar-refractivity contribution in [2.75, 3.05) is 0 Å². The first-order valence-electron chi connectivity index (χ1n) is 4.09. The molecule has 0 saturated carbocycles. The maximum absolute atomic E-state index is 3.50. The molecule has 1 nitrogen and oxygen atoms in total. The van der Waals surface area contributed by atoms with Crippen molar-refractivity contribution in [3.05, 3.63) is 59.3 Å². The Hall–Kier alpha value is -1.15. The summed E-state index contributed by atoms with van der Waals surface area (Å²) in [4.78, 5) is 0. The van der Waals surface area contributed by atoms with Crippen molar-refractivity contribution in [1.82, 2.24) is 0 Å². The highest BCUT2D eigenvalue weighted by molar-refractivity contribution is 9.10. The zero-order valence-electron chi connectivity index (χ0n) is 7.02. The van der Waals surface area contributed by atoms with Gasteiger partial charge in [-0.25, -0.2) is 0 Å². The van der Waals surface area contributed by atoms with Crippen molar-refractivity contribution in [3.63, 3.8) is 0 Å². The zero-order valence-corrected chi connectivity index (χ0v) is 8.61. The summed E-state index contributed by atoms with van der Waals surface area (Å²) < 4.78 is 3.14. The third-order valence-electron chi connectivity index (χ3n) is 1.84. The van der Waals surface area contributed by atoms with E-state index in [1.165, 1.54) is 0 Å². The lowest BCUT2D eigenvalue weighted by Crippen LogP contribution is -2.31. The predicted octanol–water partition coefficient (Wildman–Crippen LogP) is 2.73. The molecule has 0 aliphatic carbocycles. The second-order valence-electron chi connectivity index (χ2n) is 2.73. The minimum atomic E-state index is 1.06. The van der Waals surface area contributed by atoms with Crippen LogP contribution in [0.1, 0.15) is 0 Å². The Morgan fingerprint density at radius 3 is 2.23 bits per heavy atom. The molecule has 0 amide bonds. The maximum Gasteiger partial charge on any atom is 0.253 e. The smallest absolute Gasteiger partial charge is 0.155 e. The average Bonchev–Trinajstić information content (AvgIpc) is 2.20. The van der Waals surface area contributed by atoms with Crippen LogP contribution in [0.3, 0.4) is 0 Å². The fraction of sp³-hybridized carbons (Fsp3) is 0. The monoisotopic (exact) mass is 234 g/mol. The minimum Gasteiger partial charge on any atom is -0.155 e. The van der Waals surface area contributed by atoms with E-state index in [1.54, 1.807) is 0 Å². The lowest BCUT2D eigenvalue weighted by molar-refractivity contribution is -0.607. The molecule has 1 aromatic heterocycles. The van der Waals surface area contributed by atoms with Crippen molar-refractivity contribution >= 4 is 15.9 Å². The molecule has 0 saturated heterocycles. The van der Waals surface area contributed by atoms with E-state index in [-0.39, 0.29) is 0 Å². The normalized spacial score (nSPS) is 9.92. The third kappa shape index (κ3) is 1.78. The quantitative estimate of drug-likeness (QED) is 0.528. The number of rotatable bonds is 1. The molecule has 0 unspecified atom stereocenters. The van der Waals surface area contributed by atoms with Crippen LogP contribution in [0.15, 0.2) is 59.3 Å². The Morgan fingerprint density at radius 2 is 1.54 bits per heavy atom. The first-order chi connectivity index (χ1) is 6.38. The van der Waals surface area contributed by atoms with Crippen LogP contribution in [0.4, 0.5) is 0 Å². The molecular formula is C11H9BrN+. The van der Waals surface area contributed by atoms with Gasteiger partial charge >= 0.3 is 0 Å². The lowest BCUT2D eigenvalue weighted by atomic mass is 10.3. The molecule has 0 radical (unpaired) electrons. The molecule has 64 valence electrons. The molecule has 0 bridgehead atoms. The number of hydrogen-bond acceptors (Lipinski definition) is 0. The Bertz CT molecular complexity index is 398. The SMILES string of the molecule is Brc1cccc[n+]1-c1ccccc1. The third-order valence-corrected chi connectivity index (χ3v) is 2.49. The lowest BCUT2D eigenvalue weighted by Gasteiger charge is -1.95. The van der Waals surface area contributed by atoms with Gasteiger partial charge in [-0.15, -0.1) is 0 Å². The van der Waals surface area contributed by atoms with Gasteiger partial charge in [-0.3, -0.25) is 0 Å². The zero-order chi connectivity index (χ0) is 9.10. The van der Waals surface area contributed by atoms with Gasteiger partial charge in [0, 0.05) is 40.2 Å². The number of nitrogens with zero attached hydrogens (tertiary/aromatic N) is 1. The summed E-state index contributed by atoms with van der Waals surface area (Å²) >= 11 is 3.50. The van der Waals surface area contributed by atoms with Gasteiger partial charge in [0.05, 0.1) is 0 Å². The molecule has 2 heteroatoms. The summed E-state index contributed by atoms with van der Waals surface area (Å²) in [5.74, 6) is 0. The number of hydrogen-bond donors (Lipinski definition) is 0. The van der Waals surface area contributed by atoms with E-state index in [0.29, 0.717) is 0 Å². The van der Waals surface area contributed by atoms with E-state index in [9.17, 15) is 0 Å². The van der Waals surface area contributed by atoms with Gasteiger partial charge in [-0.1, -0.05) is 18.2 Å². The van der Waals surface area contributed by atoms with Crippen LogP contribution in [-0.2, 0) is 0 Å². The number of aromatic nitrogens is 1. The summed E-state index contributed by atoms with van der Waals surface area (Å²) in [5.41, 5.74) is 1.16. The van der Waals surface area contributed by atoms with Crippen LogP contribution < -0.4 is 4.57 Å². The molecule has 2 rings (SSSR count). The van der Waals surface area contributed by atoms with E-state index in [2.05, 4.69) is 32.6 Å². The Balaban J connectivity index is 2.54. The van der Waals surface area contributed by atoms with Crippen molar-refractivity contribution in [2.24, 2.45) is 0 Å². The molecule has 13 heavy (non-hydrogen) atoms. The Kier molecular flexibility index (Phi) is 2.41. The van der Waals surface area contributed by atoms with E-state index in [1.807, 2.05) is 42.6 Å². The van der Waals surface area contributed by atoms with Crippen molar-refractivity contribution in [3.8, 4) is 5.69 Å². The van der Waals surface area contributed by atoms with Gasteiger partial charge in [-0.2, -0.15) is 4.57 Å². The minimum absolute atomic E-state index is 1.06. The number of pyridine rings is 1. The second kappa shape index (κ2) is 3.71. The standard InChI is InChI=1S/C11H9BrN/c12-11-8-4-5-9-13(11)10-6-2-1-3-7-10/h1-9H/q+1. The fourth-order valence-electron chi connectivity index (χ4n) is 1.22. The largest absolute Gasteiger partial charge is 0.253 e. The van der Waals surface area contributed by atoms with Crippen molar-refractivity contribution in [1.29, 1.82) is 0 Å². The molecule has 0 spiro atoms. The van der Waals surface area contributed by atoms with E-state index in [4.69, 9.17) is 0 Å². The highest BCUT2D eigenvalue weighted by atomic mass is 79.9. The summed E-state index contributed by atoms with van der Waals surface area (Å²) in [6.45, 7) is 0. The summed E-state index contributed by atoms with van der Waals surface area (Å²) in [6.07, 6.45) is 2.03. The molecule has 2 aromatic rings. The average molecular weight is 235 g/mol. The van der Waals surface area contributed by atoms with Crippen molar-refractivity contribution in [2.45, 2.75) is 0 Å². The highest BCUT2D eigenvalue weighted by Gasteiger charge is 2.07. The van der Waals surface area contributed by atoms with Gasteiger partial charge < -0.3 is 0 Å². The topological polar surface area (TPSA) is 3.88 Å². The van der Waals surface area contributed by atoms with E-state index < -0.39 is 0 Å². The van der Waals surface area contributed by atoms with Gasteiger partial charge in [0.1, 0.15) is 0 Å². The highest BCUT2D eigenvalue weighted by Crippen LogP contribution is 2.05. The van der Waals surface area contributed by atoms with Gasteiger partial charge in [0.25, 0.3) is 4.60 Å². The van der Waals surface area contributed by atoms with Gasteiger partial charge in [0.15, 0.2) is 6.20 Å². The fourth-order valence-corrected chi connectivity index (χ4v) is 1.70. The maximum atomic E-state index is 3.50. The van der Waals surface area contributed by atoms with Crippen molar-refractivity contribution < 1.29 is 4.57 Å². The van der Waals surface area contributed by atoms with Crippen LogP contribution in [-0.4, -0.2) is 0 Å². The van der Waals surface area contributed by atoms with Gasteiger partial charge in [0.2, 0.25) is 5.69 Å². The van der Waals surface area contributed by atoms with Crippen LogP contribution in [0.2, 0.25) is 0 Å². The molecule has 1 aromatic carbocycles. The molecule has 0 atom stereocenters. The molecule has 0 N–H and O–H groups in total. The van der Waals surface area contributed by atoms with Crippen LogP contribution in [0.5, 0.6) is 0 Å². The van der Waals surface area contributed by atoms with E-state index in [0.717, 1.165) is 10.3 Å². The Labute approximate surface area is 85.8 Å². The van der Waals surface area contributed by atoms with Crippen LogP contribution in [0.25, 0.3) is 5.69 Å². The summed E-state index contributed by atoms with van der Waals surface area (Å²) in [7, 11) is 0. The van der Waals surface area contributed by atoms with Crippen LogP contribution >= 0.6 is 15.9 Å². The molecule has 0 fully saturated rings. The molecule has 0 aliphatic rings. The predicted molar refractivity (Wildman–Crippen MR) is 55.7 cm³/mol. The Morgan fingerprint density at radius 1 is 0.846 bits per heavy atom.